The molecule has 1 aromatic rings. The first-order chi connectivity index (χ1) is 12.9. The van der Waals surface area contributed by atoms with Gasteiger partial charge in [-0.1, -0.05) is 31.9 Å². The van der Waals surface area contributed by atoms with Gasteiger partial charge in [0.15, 0.2) is 0 Å². The molecular formula is C18H24N4O4S. The highest BCUT2D eigenvalue weighted by molar-refractivity contribution is 7.90. The van der Waals surface area contributed by atoms with E-state index in [2.05, 4.69) is 20.3 Å². The smallest absolute Gasteiger partial charge is 0.263 e. The number of nitrogens with one attached hydrogen (secondary N) is 3. The van der Waals surface area contributed by atoms with E-state index >= 15 is 0 Å². The molecule has 0 aromatic heterocycles. The Balaban J connectivity index is 1.73. The third-order valence-electron chi connectivity index (χ3n) is 4.45. The van der Waals surface area contributed by atoms with E-state index in [0.29, 0.717) is 12.0 Å². The van der Waals surface area contributed by atoms with Crippen molar-refractivity contribution >= 4 is 27.7 Å². The molecule has 1 unspecified atom stereocenters. The van der Waals surface area contributed by atoms with Crippen molar-refractivity contribution in [3.63, 3.8) is 0 Å². The van der Waals surface area contributed by atoms with Gasteiger partial charge in [0.25, 0.3) is 10.0 Å². The van der Waals surface area contributed by atoms with Crippen molar-refractivity contribution in [2.24, 2.45) is 4.99 Å². The summed E-state index contributed by atoms with van der Waals surface area (Å²) >= 11 is 0. The average Bonchev–Trinajstić information content (AvgIpc) is 3.41. The molecule has 3 N–H and O–H groups in total. The molecule has 1 atom stereocenters. The molecule has 1 aliphatic heterocycles. The van der Waals surface area contributed by atoms with Crippen molar-refractivity contribution in [3.05, 3.63) is 29.8 Å². The molecule has 0 radical (unpaired) electrons. The summed E-state index contributed by atoms with van der Waals surface area (Å²) in [5, 5.41) is 5.42. The van der Waals surface area contributed by atoms with Crippen LogP contribution in [-0.2, 0) is 19.6 Å². The van der Waals surface area contributed by atoms with Gasteiger partial charge in [0.1, 0.15) is 11.9 Å². The van der Waals surface area contributed by atoms with Crippen LogP contribution < -0.4 is 15.4 Å². The number of unbranched alkanes of at least 4 members (excludes halogenated alkanes) is 1. The first-order valence-electron chi connectivity index (χ1n) is 9.18. The minimum Gasteiger partial charge on any atom is -0.352 e. The molecule has 3 rings (SSSR count). The Morgan fingerprint density at radius 3 is 2.74 bits per heavy atom. The lowest BCUT2D eigenvalue weighted by Crippen LogP contribution is -2.42. The number of carbonyl (C=O) groups is 2. The maximum Gasteiger partial charge on any atom is 0.263 e. The Bertz CT molecular complexity index is 862. The molecule has 9 heteroatoms. The second kappa shape index (κ2) is 8.08. The molecule has 1 aliphatic carbocycles. The highest BCUT2D eigenvalue weighted by atomic mass is 32.2. The van der Waals surface area contributed by atoms with Crippen molar-refractivity contribution in [2.45, 2.75) is 56.0 Å². The second-order valence-corrected chi connectivity index (χ2v) is 8.45. The molecule has 1 heterocycles. The normalized spacial score (nSPS) is 19.8. The summed E-state index contributed by atoms with van der Waals surface area (Å²) in [6, 6.07) is 5.99. The van der Waals surface area contributed by atoms with Crippen LogP contribution in [0, 0.1) is 0 Å². The number of rotatable bonds is 8. The Labute approximate surface area is 158 Å². The van der Waals surface area contributed by atoms with Crippen LogP contribution >= 0.6 is 0 Å². The first-order valence-corrected chi connectivity index (χ1v) is 10.7. The van der Waals surface area contributed by atoms with Crippen LogP contribution in [0.5, 0.6) is 0 Å². The van der Waals surface area contributed by atoms with Gasteiger partial charge in [0, 0.05) is 11.6 Å². The number of amidine groups is 1. The molecule has 1 saturated carbocycles. The Morgan fingerprint density at radius 2 is 2.04 bits per heavy atom. The van der Waals surface area contributed by atoms with Gasteiger partial charge in [-0.15, -0.1) is 0 Å². The fourth-order valence-electron chi connectivity index (χ4n) is 2.83. The fourth-order valence-corrected chi connectivity index (χ4v) is 4.07. The molecule has 0 spiro atoms. The first kappa shape index (κ1) is 19.3. The van der Waals surface area contributed by atoms with E-state index in [0.717, 1.165) is 25.7 Å². The molecule has 27 heavy (non-hydrogen) atoms. The molecule has 0 saturated heterocycles. The standard InChI is InChI=1S/C18H24N4O4S/c1-2-3-7-14(18(24)19-11-16(23)20-12-9-10-12)21-17-13-6-4-5-8-15(13)27(25,26)22-17/h4-6,8,12,14H,2-3,7,9-11H2,1H3,(H,19,24)(H,20,23)(H,21,22). The average molecular weight is 392 g/mol. The van der Waals surface area contributed by atoms with Crippen LogP contribution in [0.4, 0.5) is 0 Å². The number of amides is 2. The monoisotopic (exact) mass is 392 g/mol. The summed E-state index contributed by atoms with van der Waals surface area (Å²) in [7, 11) is -3.66. The third-order valence-corrected chi connectivity index (χ3v) is 5.84. The maximum atomic E-state index is 12.5. The quantitative estimate of drug-likeness (QED) is 0.603. The minimum atomic E-state index is -3.66. The van der Waals surface area contributed by atoms with E-state index in [4.69, 9.17) is 0 Å². The summed E-state index contributed by atoms with van der Waals surface area (Å²) in [6.45, 7) is 1.89. The van der Waals surface area contributed by atoms with Crippen LogP contribution in [0.2, 0.25) is 0 Å². The Hall–Kier alpha value is -2.42. The summed E-state index contributed by atoms with van der Waals surface area (Å²) < 4.78 is 26.8. The lowest BCUT2D eigenvalue weighted by atomic mass is 10.1. The van der Waals surface area contributed by atoms with Gasteiger partial charge in [-0.05, 0) is 31.4 Å². The zero-order valence-corrected chi connectivity index (χ0v) is 16.0. The molecule has 8 nitrogen and oxygen atoms in total. The minimum absolute atomic E-state index is 0.106. The third kappa shape index (κ3) is 4.85. The van der Waals surface area contributed by atoms with Crippen LogP contribution in [0.25, 0.3) is 0 Å². The summed E-state index contributed by atoms with van der Waals surface area (Å²) in [5.74, 6) is -0.436. The predicted molar refractivity (Wildman–Crippen MR) is 101 cm³/mol. The lowest BCUT2D eigenvalue weighted by molar-refractivity contribution is -0.126. The van der Waals surface area contributed by atoms with E-state index in [1.807, 2.05) is 6.92 Å². The van der Waals surface area contributed by atoms with Crippen molar-refractivity contribution < 1.29 is 18.0 Å². The molecule has 1 aromatic carbocycles. The Morgan fingerprint density at radius 1 is 1.30 bits per heavy atom. The predicted octanol–water partition coefficient (Wildman–Crippen LogP) is 0.679. The summed E-state index contributed by atoms with van der Waals surface area (Å²) in [5.41, 5.74) is 0.457. The van der Waals surface area contributed by atoms with Crippen LogP contribution in [0.3, 0.4) is 0 Å². The van der Waals surface area contributed by atoms with Gasteiger partial charge in [-0.25, -0.2) is 8.42 Å². The van der Waals surface area contributed by atoms with E-state index in [1.165, 1.54) is 6.07 Å². The zero-order valence-electron chi connectivity index (χ0n) is 15.2. The molecular weight excluding hydrogens is 368 g/mol. The topological polar surface area (TPSA) is 117 Å². The van der Waals surface area contributed by atoms with Gasteiger partial charge < -0.3 is 10.6 Å². The Kier molecular flexibility index (Phi) is 5.79. The molecule has 1 fully saturated rings. The van der Waals surface area contributed by atoms with Gasteiger partial charge in [0.2, 0.25) is 11.8 Å². The van der Waals surface area contributed by atoms with Gasteiger partial charge >= 0.3 is 0 Å². The number of carbonyl (C=O) groups excluding carboxylic acids is 2. The highest BCUT2D eigenvalue weighted by Gasteiger charge is 2.32. The SMILES string of the molecule is CCCCC(N=C1NS(=O)(=O)c2ccccc21)C(=O)NCC(=O)NC1CC1. The maximum absolute atomic E-state index is 12.5. The summed E-state index contributed by atoms with van der Waals surface area (Å²) in [4.78, 5) is 28.9. The van der Waals surface area contributed by atoms with Crippen molar-refractivity contribution in [3.8, 4) is 0 Å². The zero-order chi connectivity index (χ0) is 19.4. The number of hydrogen-bond acceptors (Lipinski definition) is 5. The highest BCUT2D eigenvalue weighted by Crippen LogP contribution is 2.23. The largest absolute Gasteiger partial charge is 0.352 e. The summed E-state index contributed by atoms with van der Waals surface area (Å²) in [6.07, 6.45) is 4.06. The van der Waals surface area contributed by atoms with Crippen molar-refractivity contribution in [2.75, 3.05) is 6.54 Å². The van der Waals surface area contributed by atoms with Crippen LogP contribution in [0.1, 0.15) is 44.6 Å². The van der Waals surface area contributed by atoms with E-state index in [1.54, 1.807) is 18.2 Å². The van der Waals surface area contributed by atoms with Crippen LogP contribution in [0.15, 0.2) is 34.2 Å². The molecule has 2 amide bonds. The van der Waals surface area contributed by atoms with Gasteiger partial charge in [-0.3, -0.25) is 19.3 Å². The van der Waals surface area contributed by atoms with E-state index in [-0.39, 0.29) is 35.1 Å². The van der Waals surface area contributed by atoms with E-state index in [9.17, 15) is 18.0 Å². The molecule has 2 aliphatic rings. The lowest BCUT2D eigenvalue weighted by Gasteiger charge is -2.14. The number of aliphatic imine (C=N–C) groups is 1. The van der Waals surface area contributed by atoms with Crippen molar-refractivity contribution in [1.29, 1.82) is 0 Å². The number of fused-ring (bicyclic) bond motifs is 1. The van der Waals surface area contributed by atoms with Crippen molar-refractivity contribution in [1.82, 2.24) is 15.4 Å². The van der Waals surface area contributed by atoms with E-state index < -0.39 is 16.1 Å². The fraction of sp³-hybridized carbons (Fsp3) is 0.500. The molecule has 0 bridgehead atoms. The number of benzene rings is 1. The number of sulfonamides is 1. The van der Waals surface area contributed by atoms with Crippen LogP contribution in [-0.4, -0.2) is 44.7 Å². The second-order valence-electron chi connectivity index (χ2n) is 6.80. The number of hydrogen-bond donors (Lipinski definition) is 3. The van der Waals surface area contributed by atoms with Gasteiger partial charge in [0.05, 0.1) is 11.4 Å². The molecule has 146 valence electrons. The van der Waals surface area contributed by atoms with Gasteiger partial charge in [-0.2, -0.15) is 0 Å². The number of nitrogens with zero attached hydrogens (tertiary/aromatic N) is 1.